The lowest BCUT2D eigenvalue weighted by Gasteiger charge is -2.19. The van der Waals surface area contributed by atoms with Crippen LogP contribution in [0.25, 0.3) is 0 Å². The number of carbonyl (C=O) groups is 2. The van der Waals surface area contributed by atoms with Crippen molar-refractivity contribution in [2.75, 3.05) is 11.9 Å². The molecule has 2 aromatic carbocycles. The zero-order valence-corrected chi connectivity index (χ0v) is 15.7. The molecule has 7 heteroatoms. The molecule has 0 fully saturated rings. The number of halogens is 1. The summed E-state index contributed by atoms with van der Waals surface area (Å²) in [6, 6.07) is 12.5. The minimum absolute atomic E-state index is 0.000281. The van der Waals surface area contributed by atoms with Crippen LogP contribution in [0, 0.1) is 5.82 Å². The summed E-state index contributed by atoms with van der Waals surface area (Å²) in [5, 5.41) is 5.21. The molecule has 0 aliphatic heterocycles. The number of carbonyl (C=O) groups excluding carboxylic acids is 2. The summed E-state index contributed by atoms with van der Waals surface area (Å²) in [6.07, 6.45) is 0. The van der Waals surface area contributed by atoms with E-state index in [1.54, 1.807) is 12.1 Å². The molecule has 0 bridgehead atoms. The van der Waals surface area contributed by atoms with E-state index in [2.05, 4.69) is 36.1 Å². The molecule has 0 aliphatic rings. The van der Waals surface area contributed by atoms with Crippen molar-refractivity contribution < 1.29 is 14.0 Å². The van der Waals surface area contributed by atoms with E-state index in [-0.39, 0.29) is 18.0 Å². The van der Waals surface area contributed by atoms with Gasteiger partial charge < -0.3 is 10.6 Å². The lowest BCUT2D eigenvalue weighted by molar-refractivity contribution is -0.115. The fraction of sp³-hybridized carbons (Fsp3) is 0.263. The smallest absolute Gasteiger partial charge is 0.251 e. The Morgan fingerprint density at radius 1 is 1.00 bits per heavy atom. The Morgan fingerprint density at radius 2 is 1.62 bits per heavy atom. The molecule has 2 amide bonds. The Balaban J connectivity index is 1.80. The first-order valence-electron chi connectivity index (χ1n) is 8.11. The van der Waals surface area contributed by atoms with Crippen molar-refractivity contribution in [3.05, 3.63) is 59.9 Å². The summed E-state index contributed by atoms with van der Waals surface area (Å²) in [6.45, 7) is 6.07. The van der Waals surface area contributed by atoms with Gasteiger partial charge in [-0.25, -0.2) is 4.39 Å². The van der Waals surface area contributed by atoms with E-state index in [4.69, 9.17) is 0 Å². The summed E-state index contributed by atoms with van der Waals surface area (Å²) >= 11 is 1.52. The Bertz CT molecular complexity index is 756. The van der Waals surface area contributed by atoms with E-state index in [0.717, 1.165) is 4.90 Å². The fourth-order valence-electron chi connectivity index (χ4n) is 1.89. The van der Waals surface area contributed by atoms with Crippen LogP contribution in [0.2, 0.25) is 0 Å². The lowest BCUT2D eigenvalue weighted by Crippen LogP contribution is -2.32. The predicted octanol–water partition coefficient (Wildman–Crippen LogP) is 3.59. The minimum atomic E-state index is -0.430. The second-order valence-corrected chi connectivity index (χ2v) is 7.60. The second-order valence-electron chi connectivity index (χ2n) is 6.72. The molecule has 0 aromatic heterocycles. The van der Waals surface area contributed by atoms with Gasteiger partial charge in [0, 0.05) is 21.7 Å². The summed E-state index contributed by atoms with van der Waals surface area (Å²) in [5.74, 6) is -1.19. The molecule has 5 nitrogen and oxygen atoms in total. The number of rotatable bonds is 6. The molecule has 0 unspecified atom stereocenters. The van der Waals surface area contributed by atoms with E-state index in [1.165, 1.54) is 36.2 Å². The topological polar surface area (TPSA) is 70.2 Å². The van der Waals surface area contributed by atoms with Gasteiger partial charge in [-0.2, -0.15) is 0 Å². The van der Waals surface area contributed by atoms with Gasteiger partial charge in [-0.1, -0.05) is 0 Å². The van der Waals surface area contributed by atoms with Crippen molar-refractivity contribution >= 4 is 29.4 Å². The average Bonchev–Trinajstić information content (AvgIpc) is 2.59. The molecule has 0 heterocycles. The van der Waals surface area contributed by atoms with Gasteiger partial charge in [0.1, 0.15) is 5.82 Å². The molecule has 0 saturated heterocycles. The van der Waals surface area contributed by atoms with E-state index in [1.807, 2.05) is 12.1 Å². The molecule has 2 aromatic rings. The molecule has 26 heavy (non-hydrogen) atoms. The first-order chi connectivity index (χ1) is 12.2. The predicted molar refractivity (Wildman–Crippen MR) is 103 cm³/mol. The van der Waals surface area contributed by atoms with E-state index in [9.17, 15) is 14.0 Å². The molecule has 0 radical (unpaired) electrons. The SMILES string of the molecule is CC(C)(C)NSc1ccc(NC(=O)CNC(=O)c2ccc(F)cc2)cc1. The number of anilines is 1. The maximum atomic E-state index is 12.8. The number of benzene rings is 2. The lowest BCUT2D eigenvalue weighted by atomic mass is 10.1. The third kappa shape index (κ3) is 6.85. The van der Waals surface area contributed by atoms with Crippen LogP contribution < -0.4 is 15.4 Å². The Labute approximate surface area is 156 Å². The zero-order valence-electron chi connectivity index (χ0n) is 14.9. The van der Waals surface area contributed by atoms with Gasteiger partial charge in [0.25, 0.3) is 5.91 Å². The van der Waals surface area contributed by atoms with Crippen molar-refractivity contribution in [3.63, 3.8) is 0 Å². The quantitative estimate of drug-likeness (QED) is 0.675. The molecular weight excluding hydrogens is 353 g/mol. The van der Waals surface area contributed by atoms with Gasteiger partial charge in [0.15, 0.2) is 0 Å². The fourth-order valence-corrected chi connectivity index (χ4v) is 2.58. The van der Waals surface area contributed by atoms with Crippen molar-refractivity contribution in [2.45, 2.75) is 31.2 Å². The van der Waals surface area contributed by atoms with Gasteiger partial charge in [-0.15, -0.1) is 0 Å². The molecular formula is C19H22FN3O2S. The van der Waals surface area contributed by atoms with E-state index >= 15 is 0 Å². The van der Waals surface area contributed by atoms with Gasteiger partial charge in [0.05, 0.1) is 6.54 Å². The van der Waals surface area contributed by atoms with E-state index < -0.39 is 11.7 Å². The maximum Gasteiger partial charge on any atom is 0.251 e. The minimum Gasteiger partial charge on any atom is -0.343 e. The number of nitrogens with one attached hydrogen (secondary N) is 3. The summed E-state index contributed by atoms with van der Waals surface area (Å²) < 4.78 is 16.1. The Morgan fingerprint density at radius 3 is 2.19 bits per heavy atom. The van der Waals surface area contributed by atoms with Crippen molar-refractivity contribution in [1.29, 1.82) is 0 Å². The zero-order chi connectivity index (χ0) is 19.2. The monoisotopic (exact) mass is 375 g/mol. The van der Waals surface area contributed by atoms with Crippen LogP contribution in [-0.2, 0) is 4.79 Å². The highest BCUT2D eigenvalue weighted by Gasteiger charge is 2.10. The Hall–Kier alpha value is -2.38. The molecule has 0 saturated carbocycles. The van der Waals surface area contributed by atoms with Crippen LogP contribution in [0.4, 0.5) is 10.1 Å². The first-order valence-corrected chi connectivity index (χ1v) is 8.92. The molecule has 138 valence electrons. The summed E-state index contributed by atoms with van der Waals surface area (Å²) in [7, 11) is 0. The molecule has 2 rings (SSSR count). The normalized spacial score (nSPS) is 11.1. The molecule has 0 aliphatic carbocycles. The Kier molecular flexibility index (Phi) is 6.76. The third-order valence-electron chi connectivity index (χ3n) is 3.13. The summed E-state index contributed by atoms with van der Waals surface area (Å²) in [4.78, 5) is 24.9. The first kappa shape index (κ1) is 19.9. The van der Waals surface area contributed by atoms with Crippen LogP contribution in [-0.4, -0.2) is 23.9 Å². The van der Waals surface area contributed by atoms with Crippen molar-refractivity contribution in [2.24, 2.45) is 0 Å². The van der Waals surface area contributed by atoms with Crippen molar-refractivity contribution in [3.8, 4) is 0 Å². The highest BCUT2D eigenvalue weighted by Crippen LogP contribution is 2.20. The van der Waals surface area contributed by atoms with Crippen LogP contribution in [0.3, 0.4) is 0 Å². The maximum absolute atomic E-state index is 12.8. The molecule has 0 atom stereocenters. The average molecular weight is 375 g/mol. The van der Waals surface area contributed by atoms with Gasteiger partial charge in [0.2, 0.25) is 5.91 Å². The van der Waals surface area contributed by atoms with Gasteiger partial charge in [-0.05, 0) is 81.3 Å². The molecule has 3 N–H and O–H groups in total. The number of hydrogen-bond donors (Lipinski definition) is 3. The van der Waals surface area contributed by atoms with Crippen LogP contribution in [0.5, 0.6) is 0 Å². The highest BCUT2D eigenvalue weighted by atomic mass is 32.2. The van der Waals surface area contributed by atoms with E-state index in [0.29, 0.717) is 11.3 Å². The van der Waals surface area contributed by atoms with Crippen LogP contribution >= 0.6 is 11.9 Å². The standard InChI is InChI=1S/C19H22FN3O2S/c1-19(2,3)23-26-16-10-8-15(9-11-16)22-17(24)12-21-18(25)13-4-6-14(20)7-5-13/h4-11,23H,12H2,1-3H3,(H,21,25)(H,22,24). The van der Waals surface area contributed by atoms with Gasteiger partial charge in [-0.3, -0.25) is 14.3 Å². The second kappa shape index (κ2) is 8.82. The third-order valence-corrected chi connectivity index (χ3v) is 4.35. The van der Waals surface area contributed by atoms with Crippen LogP contribution in [0.15, 0.2) is 53.4 Å². The molecule has 0 spiro atoms. The largest absolute Gasteiger partial charge is 0.343 e. The highest BCUT2D eigenvalue weighted by molar-refractivity contribution is 7.97. The number of hydrogen-bond acceptors (Lipinski definition) is 4. The number of amides is 2. The van der Waals surface area contributed by atoms with Crippen molar-refractivity contribution in [1.82, 2.24) is 10.0 Å². The van der Waals surface area contributed by atoms with Gasteiger partial charge >= 0.3 is 0 Å². The van der Waals surface area contributed by atoms with Crippen LogP contribution in [0.1, 0.15) is 31.1 Å². The summed E-state index contributed by atoms with van der Waals surface area (Å²) in [5.41, 5.74) is 0.943.